The van der Waals surface area contributed by atoms with Crippen molar-refractivity contribution in [1.82, 2.24) is 15.1 Å². The smallest absolute Gasteiger partial charge is 0.204 e. The highest BCUT2D eigenvalue weighted by atomic mass is 32.2. The molecule has 28 heavy (non-hydrogen) atoms. The summed E-state index contributed by atoms with van der Waals surface area (Å²) in [5, 5.41) is 19.8. The number of nitrogens with two attached hydrogens (primary N) is 1. The van der Waals surface area contributed by atoms with Crippen LogP contribution in [-0.4, -0.2) is 71.1 Å². The van der Waals surface area contributed by atoms with Crippen molar-refractivity contribution in [2.45, 2.75) is 78.1 Å². The maximum Gasteiger partial charge on any atom is 0.204 e. The third-order valence-electron chi connectivity index (χ3n) is 4.90. The Morgan fingerprint density at radius 3 is 2.54 bits per heavy atom. The lowest BCUT2D eigenvalue weighted by Crippen LogP contribution is -2.51. The van der Waals surface area contributed by atoms with Crippen LogP contribution in [0.3, 0.4) is 0 Å². The lowest BCUT2D eigenvalue weighted by Gasteiger charge is -2.39. The van der Waals surface area contributed by atoms with Crippen LogP contribution in [-0.2, 0) is 0 Å². The van der Waals surface area contributed by atoms with E-state index in [9.17, 15) is 5.11 Å². The van der Waals surface area contributed by atoms with Gasteiger partial charge in [0.2, 0.25) is 6.35 Å². The first-order chi connectivity index (χ1) is 13.6. The molecule has 8 heteroatoms. The number of amidine groups is 1. The molecule has 0 amide bonds. The van der Waals surface area contributed by atoms with Crippen LogP contribution in [0.2, 0.25) is 0 Å². The topological polar surface area (TPSA) is 101 Å². The Morgan fingerprint density at radius 1 is 1.21 bits per heavy atom. The van der Waals surface area contributed by atoms with Gasteiger partial charge in [-0.3, -0.25) is 15.1 Å². The molecule has 0 radical (unpaired) electrons. The Labute approximate surface area is 176 Å². The normalized spacial score (nSPS) is 19.8. The number of nitriles is 1. The minimum atomic E-state index is -0.890. The van der Waals surface area contributed by atoms with E-state index in [4.69, 9.17) is 11.0 Å². The van der Waals surface area contributed by atoms with E-state index in [-0.39, 0.29) is 0 Å². The summed E-state index contributed by atoms with van der Waals surface area (Å²) in [4.78, 5) is 9.15. The second kappa shape index (κ2) is 18.2. The van der Waals surface area contributed by atoms with Gasteiger partial charge < -0.3 is 10.8 Å². The van der Waals surface area contributed by atoms with E-state index >= 15 is 0 Å². The summed E-state index contributed by atoms with van der Waals surface area (Å²) in [5.74, 6) is 0.839. The Kier molecular flexibility index (Phi) is 17.6. The quantitative estimate of drug-likeness (QED) is 0.184. The number of rotatable bonds is 13. The number of thioether (sulfide) groups is 1. The Hall–Kier alpha value is -0.850. The highest BCUT2D eigenvalue weighted by Crippen LogP contribution is 2.14. The van der Waals surface area contributed by atoms with Crippen molar-refractivity contribution in [3.05, 3.63) is 0 Å². The number of hydrogen-bond acceptors (Lipinski definition) is 7. The number of hydrogen-bond donors (Lipinski definition) is 3. The van der Waals surface area contributed by atoms with E-state index in [1.807, 2.05) is 0 Å². The second-order valence-electron chi connectivity index (χ2n) is 7.30. The lowest BCUT2D eigenvalue weighted by molar-refractivity contribution is 0.0948. The summed E-state index contributed by atoms with van der Waals surface area (Å²) >= 11 is 1.52. The molecule has 1 fully saturated rings. The first kappa shape index (κ1) is 27.1. The number of aliphatic hydroxyl groups excluding tert-OH is 1. The fourth-order valence-electron chi connectivity index (χ4n) is 3.23. The molecule has 0 spiro atoms. The fourth-order valence-corrected chi connectivity index (χ4v) is 3.95. The Morgan fingerprint density at radius 2 is 1.89 bits per heavy atom. The van der Waals surface area contributed by atoms with Crippen molar-refractivity contribution >= 4 is 16.9 Å². The van der Waals surface area contributed by atoms with Crippen LogP contribution in [0.5, 0.6) is 0 Å². The summed E-state index contributed by atoms with van der Waals surface area (Å²) < 4.78 is 0. The largest absolute Gasteiger partial charge is 0.378 e. The molecule has 1 aliphatic rings. The monoisotopic (exact) mass is 414 g/mol. The van der Waals surface area contributed by atoms with Gasteiger partial charge in [0.1, 0.15) is 0 Å². The number of nitrogens with zero attached hydrogens (tertiary/aromatic N) is 4. The van der Waals surface area contributed by atoms with Gasteiger partial charge in [-0.05, 0) is 32.9 Å². The van der Waals surface area contributed by atoms with E-state index in [2.05, 4.69) is 47.5 Å². The molecule has 0 saturated carbocycles. The predicted molar refractivity (Wildman–Crippen MR) is 121 cm³/mol. The molecular formula is C20H42N6OS. The third kappa shape index (κ3) is 13.3. The predicted octanol–water partition coefficient (Wildman–Crippen LogP) is 2.77. The minimum absolute atomic E-state index is 0.455. The van der Waals surface area contributed by atoms with Crippen molar-refractivity contribution in [3.8, 4) is 6.57 Å². The highest BCUT2D eigenvalue weighted by Gasteiger charge is 2.23. The van der Waals surface area contributed by atoms with Crippen LogP contribution in [0, 0.1) is 11.8 Å². The molecule has 164 valence electrons. The molecule has 1 rings (SSSR count). The molecule has 2 unspecified atom stereocenters. The average Bonchev–Trinajstić information content (AvgIpc) is 2.69. The molecule has 7 nitrogen and oxygen atoms in total. The van der Waals surface area contributed by atoms with Crippen LogP contribution in [0.4, 0.5) is 0 Å². The maximum atomic E-state index is 9.88. The first-order valence-corrected chi connectivity index (χ1v) is 11.6. The van der Waals surface area contributed by atoms with Gasteiger partial charge in [-0.25, -0.2) is 10.3 Å². The van der Waals surface area contributed by atoms with Crippen LogP contribution >= 0.6 is 11.8 Å². The molecule has 1 aliphatic heterocycles. The van der Waals surface area contributed by atoms with Crippen LogP contribution < -0.4 is 11.1 Å². The molecule has 0 aromatic carbocycles. The van der Waals surface area contributed by atoms with Gasteiger partial charge >= 0.3 is 0 Å². The van der Waals surface area contributed by atoms with E-state index in [1.165, 1.54) is 56.8 Å². The summed E-state index contributed by atoms with van der Waals surface area (Å²) in [6.45, 7) is 15.5. The molecule has 1 saturated heterocycles. The van der Waals surface area contributed by atoms with E-state index in [0.717, 1.165) is 38.5 Å². The van der Waals surface area contributed by atoms with Crippen molar-refractivity contribution in [2.75, 3.05) is 38.6 Å². The zero-order valence-corrected chi connectivity index (χ0v) is 19.0. The van der Waals surface area contributed by atoms with Gasteiger partial charge in [-0.1, -0.05) is 57.7 Å². The van der Waals surface area contributed by atoms with Gasteiger partial charge in [0.05, 0.1) is 5.88 Å². The first-order valence-electron chi connectivity index (χ1n) is 10.7. The number of piperazine rings is 1. The number of aliphatic imine (C=N–C) groups is 1. The molecule has 0 aromatic rings. The third-order valence-corrected chi connectivity index (χ3v) is 5.80. The van der Waals surface area contributed by atoms with Gasteiger partial charge in [-0.2, -0.15) is 0 Å². The van der Waals surface area contributed by atoms with E-state index in [0.29, 0.717) is 11.2 Å². The summed E-state index contributed by atoms with van der Waals surface area (Å²) in [5.41, 5.74) is 5.96. The second-order valence-corrected chi connectivity index (χ2v) is 8.26. The zero-order valence-electron chi connectivity index (χ0n) is 18.1. The van der Waals surface area contributed by atoms with Crippen molar-refractivity contribution in [1.29, 1.82) is 5.26 Å². The molecule has 0 aliphatic carbocycles. The SMILES string of the molecule is C#N.CCCCCCNC(O)/N=C(\N)SCN1CCN(CCCCC)C(C)C1. The molecule has 0 aromatic heterocycles. The molecule has 4 N–H and O–H groups in total. The minimum Gasteiger partial charge on any atom is -0.378 e. The molecule has 2 atom stereocenters. The zero-order chi connectivity index (χ0) is 21.2. The van der Waals surface area contributed by atoms with Gasteiger partial charge in [0, 0.05) is 32.2 Å². The fraction of sp³-hybridized carbons (Fsp3) is 0.900. The van der Waals surface area contributed by atoms with E-state index < -0.39 is 6.35 Å². The maximum absolute atomic E-state index is 9.88. The van der Waals surface area contributed by atoms with Gasteiger partial charge in [-0.15, -0.1) is 0 Å². The Balaban J connectivity index is 0.00000352. The lowest BCUT2D eigenvalue weighted by atomic mass is 10.1. The summed E-state index contributed by atoms with van der Waals surface area (Å²) in [7, 11) is 0. The van der Waals surface area contributed by atoms with Crippen molar-refractivity contribution in [3.63, 3.8) is 0 Å². The Bertz CT molecular complexity index is 421. The molecule has 0 bridgehead atoms. The average molecular weight is 415 g/mol. The highest BCUT2D eigenvalue weighted by molar-refractivity contribution is 8.13. The van der Waals surface area contributed by atoms with E-state index in [1.54, 1.807) is 0 Å². The molecular weight excluding hydrogens is 372 g/mol. The standard InChI is InChI=1S/C19H41N5OS.CHN/c1-4-6-8-9-11-21-19(25)22-18(20)26-16-23-13-14-24(17(3)15-23)12-10-7-5-2;1-2/h17,19,21,25H,4-16H2,1-3H3,(H2,20,22);1H. The number of aliphatic hydroxyl groups is 1. The summed E-state index contributed by atoms with van der Waals surface area (Å²) in [6.07, 6.45) is 7.73. The number of nitrogens with one attached hydrogen (secondary N) is 1. The van der Waals surface area contributed by atoms with Crippen LogP contribution in [0.1, 0.15) is 65.7 Å². The van der Waals surface area contributed by atoms with Crippen molar-refractivity contribution in [2.24, 2.45) is 10.7 Å². The number of unbranched alkanes of at least 4 members (excludes halogenated alkanes) is 5. The van der Waals surface area contributed by atoms with Gasteiger partial charge in [0.15, 0.2) is 5.17 Å². The van der Waals surface area contributed by atoms with Crippen LogP contribution in [0.25, 0.3) is 0 Å². The van der Waals surface area contributed by atoms with Crippen molar-refractivity contribution < 1.29 is 5.11 Å². The molecule has 1 heterocycles. The van der Waals surface area contributed by atoms with Crippen LogP contribution in [0.15, 0.2) is 4.99 Å². The summed E-state index contributed by atoms with van der Waals surface area (Å²) in [6, 6.07) is 0.592. The van der Waals surface area contributed by atoms with Gasteiger partial charge in [0.25, 0.3) is 0 Å².